The Morgan fingerprint density at radius 2 is 2.23 bits per heavy atom. The van der Waals surface area contributed by atoms with Gasteiger partial charge in [0.25, 0.3) is 0 Å². The molecule has 1 unspecified atom stereocenters. The molecule has 1 amide bonds. The van der Waals surface area contributed by atoms with Crippen LogP contribution in [0, 0.1) is 5.92 Å². The fourth-order valence-corrected chi connectivity index (χ4v) is 3.31. The van der Waals surface area contributed by atoms with Crippen molar-refractivity contribution in [1.82, 2.24) is 9.47 Å². The van der Waals surface area contributed by atoms with Crippen molar-refractivity contribution in [2.75, 3.05) is 19.7 Å². The van der Waals surface area contributed by atoms with Crippen molar-refractivity contribution >= 4 is 28.4 Å². The number of halogens is 1. The number of aliphatic hydroxyl groups is 1. The molecule has 4 nitrogen and oxygen atoms in total. The highest BCUT2D eigenvalue weighted by Crippen LogP contribution is 2.21. The first kappa shape index (κ1) is 15.4. The second kappa shape index (κ2) is 6.71. The fraction of sp³-hybridized carbons (Fsp3) is 0.471. The predicted molar refractivity (Wildman–Crippen MR) is 88.0 cm³/mol. The highest BCUT2D eigenvalue weighted by atomic mass is 35.5. The summed E-state index contributed by atoms with van der Waals surface area (Å²) in [6.45, 7) is 2.51. The van der Waals surface area contributed by atoms with Crippen LogP contribution in [0.2, 0.25) is 5.02 Å². The molecule has 0 radical (unpaired) electrons. The molecule has 0 saturated carbocycles. The Morgan fingerprint density at radius 1 is 1.36 bits per heavy atom. The molecule has 3 rings (SSSR count). The Morgan fingerprint density at radius 3 is 3.00 bits per heavy atom. The van der Waals surface area contributed by atoms with Crippen LogP contribution in [-0.4, -0.2) is 40.2 Å². The van der Waals surface area contributed by atoms with Crippen LogP contribution in [0.25, 0.3) is 10.9 Å². The summed E-state index contributed by atoms with van der Waals surface area (Å²) in [5.74, 6) is 0.470. The van der Waals surface area contributed by atoms with Gasteiger partial charge in [-0.2, -0.15) is 0 Å². The van der Waals surface area contributed by atoms with E-state index in [-0.39, 0.29) is 18.4 Å². The molecule has 1 saturated heterocycles. The average Bonchev–Trinajstić information content (AvgIpc) is 3.14. The molecule has 1 aromatic heterocycles. The molecule has 1 aliphatic rings. The Labute approximate surface area is 135 Å². The summed E-state index contributed by atoms with van der Waals surface area (Å²) >= 11 is 5.99. The number of fused-ring (bicyclic) bond motifs is 1. The summed E-state index contributed by atoms with van der Waals surface area (Å²) in [5.41, 5.74) is 1.15. The predicted octanol–water partition coefficient (Wildman–Crippen LogP) is 2.92. The standard InChI is InChI=1S/C17H21ClN2O2/c18-15-3-4-16-14(10-15)6-9-19(16)7-1-2-17(22)20-8-5-13(11-20)12-21/h3-4,6,9-10,13,21H,1-2,5,7-8,11-12H2. The number of likely N-dealkylation sites (tertiary alicyclic amines) is 1. The minimum Gasteiger partial charge on any atom is -0.396 e. The lowest BCUT2D eigenvalue weighted by molar-refractivity contribution is -0.130. The maximum atomic E-state index is 12.2. The van der Waals surface area contributed by atoms with E-state index in [9.17, 15) is 4.79 Å². The molecule has 1 fully saturated rings. The first-order valence-electron chi connectivity index (χ1n) is 7.80. The highest BCUT2D eigenvalue weighted by Gasteiger charge is 2.24. The lowest BCUT2D eigenvalue weighted by Crippen LogP contribution is -2.29. The van der Waals surface area contributed by atoms with Gasteiger partial charge in [0, 0.05) is 60.7 Å². The summed E-state index contributed by atoms with van der Waals surface area (Å²) in [5, 5.41) is 11.0. The molecule has 2 aromatic rings. The number of carbonyl (C=O) groups is 1. The molecule has 118 valence electrons. The van der Waals surface area contributed by atoms with Crippen LogP contribution < -0.4 is 0 Å². The van der Waals surface area contributed by atoms with Gasteiger partial charge in [-0.25, -0.2) is 0 Å². The summed E-state index contributed by atoms with van der Waals surface area (Å²) in [7, 11) is 0. The van der Waals surface area contributed by atoms with E-state index in [1.807, 2.05) is 29.3 Å². The number of rotatable bonds is 5. The molecular weight excluding hydrogens is 300 g/mol. The van der Waals surface area contributed by atoms with Gasteiger partial charge in [0.15, 0.2) is 0 Å². The lowest BCUT2D eigenvalue weighted by Gasteiger charge is -2.16. The summed E-state index contributed by atoms with van der Waals surface area (Å²) in [6, 6.07) is 7.92. The van der Waals surface area contributed by atoms with Gasteiger partial charge in [0.2, 0.25) is 5.91 Å². The van der Waals surface area contributed by atoms with E-state index in [1.165, 1.54) is 0 Å². The summed E-state index contributed by atoms with van der Waals surface area (Å²) in [4.78, 5) is 14.0. The van der Waals surface area contributed by atoms with Crippen molar-refractivity contribution in [3.05, 3.63) is 35.5 Å². The fourth-order valence-electron chi connectivity index (χ4n) is 3.13. The van der Waals surface area contributed by atoms with E-state index < -0.39 is 0 Å². The van der Waals surface area contributed by atoms with Crippen molar-refractivity contribution in [2.45, 2.75) is 25.8 Å². The van der Waals surface area contributed by atoms with E-state index in [0.717, 1.165) is 41.9 Å². The number of benzene rings is 1. The van der Waals surface area contributed by atoms with Gasteiger partial charge in [-0.15, -0.1) is 0 Å². The highest BCUT2D eigenvalue weighted by molar-refractivity contribution is 6.31. The summed E-state index contributed by atoms with van der Waals surface area (Å²) in [6.07, 6.45) is 4.35. The Kier molecular flexibility index (Phi) is 4.69. The van der Waals surface area contributed by atoms with Gasteiger partial charge in [-0.3, -0.25) is 4.79 Å². The smallest absolute Gasteiger partial charge is 0.222 e. The molecule has 0 bridgehead atoms. The first-order chi connectivity index (χ1) is 10.7. The minimum atomic E-state index is 0.182. The van der Waals surface area contributed by atoms with E-state index >= 15 is 0 Å². The first-order valence-corrected chi connectivity index (χ1v) is 8.18. The van der Waals surface area contributed by atoms with Crippen LogP contribution in [0.1, 0.15) is 19.3 Å². The molecule has 0 aliphatic carbocycles. The van der Waals surface area contributed by atoms with Gasteiger partial charge in [-0.05, 0) is 37.1 Å². The Balaban J connectivity index is 1.53. The molecule has 5 heteroatoms. The number of aryl methyl sites for hydroxylation is 1. The number of hydrogen-bond donors (Lipinski definition) is 1. The lowest BCUT2D eigenvalue weighted by atomic mass is 10.1. The molecule has 2 heterocycles. The van der Waals surface area contributed by atoms with E-state index in [0.29, 0.717) is 13.0 Å². The van der Waals surface area contributed by atoms with Crippen molar-refractivity contribution in [2.24, 2.45) is 5.92 Å². The number of hydrogen-bond acceptors (Lipinski definition) is 2. The SMILES string of the molecule is O=C(CCCn1ccc2cc(Cl)ccc21)N1CCC(CO)C1. The van der Waals surface area contributed by atoms with Crippen LogP contribution in [-0.2, 0) is 11.3 Å². The topological polar surface area (TPSA) is 45.5 Å². The van der Waals surface area contributed by atoms with Gasteiger partial charge in [0.05, 0.1) is 0 Å². The zero-order valence-corrected chi connectivity index (χ0v) is 13.3. The van der Waals surface area contributed by atoms with E-state index in [2.05, 4.69) is 10.6 Å². The minimum absolute atomic E-state index is 0.182. The van der Waals surface area contributed by atoms with Gasteiger partial charge < -0.3 is 14.6 Å². The second-order valence-corrected chi connectivity index (χ2v) is 6.43. The Bertz CT molecular complexity index is 668. The van der Waals surface area contributed by atoms with E-state index in [1.54, 1.807) is 0 Å². The van der Waals surface area contributed by atoms with Crippen molar-refractivity contribution < 1.29 is 9.90 Å². The largest absolute Gasteiger partial charge is 0.396 e. The third kappa shape index (κ3) is 3.28. The van der Waals surface area contributed by atoms with Crippen LogP contribution in [0.3, 0.4) is 0 Å². The number of amides is 1. The van der Waals surface area contributed by atoms with Crippen molar-refractivity contribution in [3.63, 3.8) is 0 Å². The molecule has 22 heavy (non-hydrogen) atoms. The van der Waals surface area contributed by atoms with Crippen molar-refractivity contribution in [3.8, 4) is 0 Å². The normalized spacial score (nSPS) is 18.3. The third-order valence-electron chi connectivity index (χ3n) is 4.42. The van der Waals surface area contributed by atoms with E-state index in [4.69, 9.17) is 16.7 Å². The number of aliphatic hydroxyl groups excluding tert-OH is 1. The number of aromatic nitrogens is 1. The molecule has 1 aromatic carbocycles. The Hall–Kier alpha value is -1.52. The molecule has 0 spiro atoms. The van der Waals surface area contributed by atoms with Gasteiger partial charge in [-0.1, -0.05) is 11.6 Å². The van der Waals surface area contributed by atoms with Crippen LogP contribution in [0.5, 0.6) is 0 Å². The van der Waals surface area contributed by atoms with Crippen LogP contribution >= 0.6 is 11.6 Å². The zero-order valence-electron chi connectivity index (χ0n) is 12.5. The maximum Gasteiger partial charge on any atom is 0.222 e. The monoisotopic (exact) mass is 320 g/mol. The number of carbonyl (C=O) groups excluding carboxylic acids is 1. The summed E-state index contributed by atoms with van der Waals surface area (Å²) < 4.78 is 2.17. The number of nitrogens with zero attached hydrogens (tertiary/aromatic N) is 2. The van der Waals surface area contributed by atoms with Gasteiger partial charge in [0.1, 0.15) is 0 Å². The van der Waals surface area contributed by atoms with Gasteiger partial charge >= 0.3 is 0 Å². The quantitative estimate of drug-likeness (QED) is 0.920. The third-order valence-corrected chi connectivity index (χ3v) is 4.65. The van der Waals surface area contributed by atoms with Crippen molar-refractivity contribution in [1.29, 1.82) is 0 Å². The maximum absolute atomic E-state index is 12.2. The second-order valence-electron chi connectivity index (χ2n) is 5.99. The zero-order chi connectivity index (χ0) is 15.5. The van der Waals surface area contributed by atoms with Crippen LogP contribution in [0.4, 0.5) is 0 Å². The molecule has 1 N–H and O–H groups in total. The molecule has 1 aliphatic heterocycles. The average molecular weight is 321 g/mol. The van der Waals surface area contributed by atoms with Crippen LogP contribution in [0.15, 0.2) is 30.5 Å². The molecular formula is C17H21ClN2O2. The molecule has 1 atom stereocenters.